The summed E-state index contributed by atoms with van der Waals surface area (Å²) in [5, 5.41) is 0. The third kappa shape index (κ3) is 3.17. The Balaban J connectivity index is 2.18. The number of ether oxygens (including phenoxy) is 1. The molecule has 1 heterocycles. The molecule has 4 nitrogen and oxygen atoms in total. The summed E-state index contributed by atoms with van der Waals surface area (Å²) in [6.07, 6.45) is 1.68. The predicted octanol–water partition coefficient (Wildman–Crippen LogP) is 3.10. The van der Waals surface area contributed by atoms with E-state index in [4.69, 9.17) is 4.74 Å². The van der Waals surface area contributed by atoms with Crippen molar-refractivity contribution in [3.63, 3.8) is 0 Å². The van der Waals surface area contributed by atoms with Crippen LogP contribution >= 0.6 is 15.9 Å². The molecular formula is C12H12BrN3O. The molecule has 0 radical (unpaired) electrons. The fraction of sp³-hybridized carbons (Fsp3) is 0.167. The van der Waals surface area contributed by atoms with Gasteiger partial charge in [-0.05, 0) is 24.3 Å². The first kappa shape index (κ1) is 11.9. The van der Waals surface area contributed by atoms with Gasteiger partial charge in [-0.1, -0.05) is 15.9 Å². The zero-order valence-electron chi connectivity index (χ0n) is 9.59. The van der Waals surface area contributed by atoms with Crippen LogP contribution in [-0.2, 0) is 0 Å². The molecular weight excluding hydrogens is 282 g/mol. The molecule has 2 aromatic rings. The smallest absolute Gasteiger partial charge is 0.228 e. The lowest BCUT2D eigenvalue weighted by Crippen LogP contribution is -2.12. The Morgan fingerprint density at radius 3 is 2.47 bits per heavy atom. The van der Waals surface area contributed by atoms with Crippen molar-refractivity contribution in [1.29, 1.82) is 0 Å². The van der Waals surface area contributed by atoms with Gasteiger partial charge >= 0.3 is 0 Å². The minimum absolute atomic E-state index is 0.533. The summed E-state index contributed by atoms with van der Waals surface area (Å²) in [6, 6.07) is 9.32. The lowest BCUT2D eigenvalue weighted by Gasteiger charge is -2.11. The molecule has 0 bridgehead atoms. The van der Waals surface area contributed by atoms with Gasteiger partial charge in [0, 0.05) is 30.8 Å². The van der Waals surface area contributed by atoms with Crippen molar-refractivity contribution in [1.82, 2.24) is 9.97 Å². The Kier molecular flexibility index (Phi) is 3.58. The summed E-state index contributed by atoms with van der Waals surface area (Å²) in [4.78, 5) is 10.2. The highest BCUT2D eigenvalue weighted by Crippen LogP contribution is 2.22. The van der Waals surface area contributed by atoms with Crippen molar-refractivity contribution in [2.75, 3.05) is 19.0 Å². The van der Waals surface area contributed by atoms with Crippen LogP contribution in [0.2, 0.25) is 0 Å². The van der Waals surface area contributed by atoms with Gasteiger partial charge in [-0.3, -0.25) is 0 Å². The average molecular weight is 294 g/mol. The van der Waals surface area contributed by atoms with Crippen LogP contribution in [0.4, 0.5) is 5.95 Å². The molecule has 0 amide bonds. The van der Waals surface area contributed by atoms with Gasteiger partial charge in [0.25, 0.3) is 0 Å². The quantitative estimate of drug-likeness (QED) is 0.872. The molecule has 0 saturated carbocycles. The van der Waals surface area contributed by atoms with Crippen LogP contribution in [-0.4, -0.2) is 24.1 Å². The molecule has 0 aliphatic carbocycles. The monoisotopic (exact) mass is 293 g/mol. The Labute approximate surface area is 108 Å². The Hall–Kier alpha value is -1.62. The van der Waals surface area contributed by atoms with Crippen molar-refractivity contribution in [2.24, 2.45) is 0 Å². The van der Waals surface area contributed by atoms with E-state index >= 15 is 0 Å². The molecule has 2 rings (SSSR count). The molecule has 88 valence electrons. The topological polar surface area (TPSA) is 38.2 Å². The van der Waals surface area contributed by atoms with Gasteiger partial charge in [0.05, 0.1) is 0 Å². The Morgan fingerprint density at radius 2 is 1.82 bits per heavy atom. The van der Waals surface area contributed by atoms with Crippen LogP contribution in [0.5, 0.6) is 11.6 Å². The largest absolute Gasteiger partial charge is 0.439 e. The van der Waals surface area contributed by atoms with Gasteiger partial charge < -0.3 is 9.64 Å². The van der Waals surface area contributed by atoms with Crippen LogP contribution < -0.4 is 9.64 Å². The van der Waals surface area contributed by atoms with Gasteiger partial charge in [-0.2, -0.15) is 4.98 Å². The molecule has 0 aliphatic heterocycles. The number of benzene rings is 1. The lowest BCUT2D eigenvalue weighted by molar-refractivity contribution is 0.461. The minimum atomic E-state index is 0.533. The second-order valence-corrected chi connectivity index (χ2v) is 4.56. The molecule has 0 N–H and O–H groups in total. The summed E-state index contributed by atoms with van der Waals surface area (Å²) in [7, 11) is 3.78. The van der Waals surface area contributed by atoms with Crippen molar-refractivity contribution in [3.8, 4) is 11.6 Å². The minimum Gasteiger partial charge on any atom is -0.439 e. The first-order valence-corrected chi connectivity index (χ1v) is 5.88. The van der Waals surface area contributed by atoms with Crippen LogP contribution in [0.25, 0.3) is 0 Å². The van der Waals surface area contributed by atoms with E-state index in [1.807, 2.05) is 43.3 Å². The van der Waals surface area contributed by atoms with Gasteiger partial charge in [-0.25, -0.2) is 4.98 Å². The molecule has 17 heavy (non-hydrogen) atoms. The molecule has 0 aliphatic rings. The van der Waals surface area contributed by atoms with Crippen LogP contribution in [0.1, 0.15) is 0 Å². The molecule has 0 atom stereocenters. The normalized spacial score (nSPS) is 10.1. The molecule has 1 aromatic carbocycles. The highest BCUT2D eigenvalue weighted by atomic mass is 79.9. The first-order valence-electron chi connectivity index (χ1n) is 5.09. The van der Waals surface area contributed by atoms with E-state index in [0.29, 0.717) is 11.8 Å². The van der Waals surface area contributed by atoms with Crippen molar-refractivity contribution in [3.05, 3.63) is 41.0 Å². The zero-order valence-corrected chi connectivity index (χ0v) is 11.2. The molecule has 1 aromatic heterocycles. The zero-order chi connectivity index (χ0) is 12.3. The van der Waals surface area contributed by atoms with E-state index in [2.05, 4.69) is 25.9 Å². The second-order valence-electron chi connectivity index (χ2n) is 3.65. The van der Waals surface area contributed by atoms with Gasteiger partial charge in [0.2, 0.25) is 11.8 Å². The number of rotatable bonds is 3. The second kappa shape index (κ2) is 5.14. The van der Waals surface area contributed by atoms with E-state index in [-0.39, 0.29) is 0 Å². The fourth-order valence-corrected chi connectivity index (χ4v) is 1.49. The molecule has 0 saturated heterocycles. The summed E-state index contributed by atoms with van der Waals surface area (Å²) in [5.74, 6) is 1.90. The maximum absolute atomic E-state index is 5.63. The number of aromatic nitrogens is 2. The molecule has 5 heteroatoms. The van der Waals surface area contributed by atoms with E-state index in [0.717, 1.165) is 10.2 Å². The number of hydrogen-bond donors (Lipinski definition) is 0. The summed E-state index contributed by atoms with van der Waals surface area (Å²) in [6.45, 7) is 0. The SMILES string of the molecule is CN(C)c1nccc(Oc2ccc(Br)cc2)n1. The summed E-state index contributed by atoms with van der Waals surface area (Å²) >= 11 is 3.37. The van der Waals surface area contributed by atoms with Crippen LogP contribution in [0, 0.1) is 0 Å². The number of nitrogens with zero attached hydrogens (tertiary/aromatic N) is 3. The lowest BCUT2D eigenvalue weighted by atomic mass is 10.3. The van der Waals surface area contributed by atoms with E-state index in [9.17, 15) is 0 Å². The predicted molar refractivity (Wildman–Crippen MR) is 70.6 cm³/mol. The summed E-state index contributed by atoms with van der Waals surface area (Å²) in [5.41, 5.74) is 0. The van der Waals surface area contributed by atoms with E-state index < -0.39 is 0 Å². The maximum Gasteiger partial charge on any atom is 0.228 e. The highest BCUT2D eigenvalue weighted by Gasteiger charge is 2.03. The molecule has 0 unspecified atom stereocenters. The van der Waals surface area contributed by atoms with Gasteiger partial charge in [0.15, 0.2) is 0 Å². The number of hydrogen-bond acceptors (Lipinski definition) is 4. The van der Waals surface area contributed by atoms with E-state index in [1.165, 1.54) is 0 Å². The van der Waals surface area contributed by atoms with Crippen molar-refractivity contribution < 1.29 is 4.74 Å². The Morgan fingerprint density at radius 1 is 1.12 bits per heavy atom. The fourth-order valence-electron chi connectivity index (χ4n) is 1.23. The average Bonchev–Trinajstić information content (AvgIpc) is 2.32. The first-order chi connectivity index (χ1) is 8.15. The highest BCUT2D eigenvalue weighted by molar-refractivity contribution is 9.10. The van der Waals surface area contributed by atoms with Crippen molar-refractivity contribution in [2.45, 2.75) is 0 Å². The van der Waals surface area contributed by atoms with Crippen LogP contribution in [0.15, 0.2) is 41.0 Å². The third-order valence-electron chi connectivity index (χ3n) is 2.05. The number of anilines is 1. The standard InChI is InChI=1S/C12H12BrN3O/c1-16(2)12-14-8-7-11(15-12)17-10-5-3-9(13)4-6-10/h3-8H,1-2H3. The van der Waals surface area contributed by atoms with Gasteiger partial charge in [0.1, 0.15) is 5.75 Å². The maximum atomic E-state index is 5.63. The third-order valence-corrected chi connectivity index (χ3v) is 2.58. The van der Waals surface area contributed by atoms with E-state index in [1.54, 1.807) is 12.3 Å². The van der Waals surface area contributed by atoms with Crippen molar-refractivity contribution >= 4 is 21.9 Å². The van der Waals surface area contributed by atoms with Crippen LogP contribution in [0.3, 0.4) is 0 Å². The van der Waals surface area contributed by atoms with Gasteiger partial charge in [-0.15, -0.1) is 0 Å². The number of halogens is 1. The summed E-state index contributed by atoms with van der Waals surface area (Å²) < 4.78 is 6.64. The molecule has 0 spiro atoms. The molecule has 0 fully saturated rings. The Bertz CT molecular complexity index is 499.